The van der Waals surface area contributed by atoms with E-state index >= 15 is 0 Å². The van der Waals surface area contributed by atoms with E-state index in [-0.39, 0.29) is 11.4 Å². The van der Waals surface area contributed by atoms with E-state index in [1.807, 2.05) is 30.3 Å². The fourth-order valence-electron chi connectivity index (χ4n) is 2.86. The number of hydrogen-bond acceptors (Lipinski definition) is 5. The number of rotatable bonds is 7. The molecule has 2 aromatic carbocycles. The van der Waals surface area contributed by atoms with Crippen molar-refractivity contribution in [3.8, 4) is 5.75 Å². The number of thiazole rings is 1. The molecule has 5 nitrogen and oxygen atoms in total. The number of aromatic nitrogens is 3. The van der Waals surface area contributed by atoms with Gasteiger partial charge in [0.05, 0.1) is 11.1 Å². The van der Waals surface area contributed by atoms with Crippen molar-refractivity contribution in [2.24, 2.45) is 0 Å². The minimum absolute atomic E-state index is 0.215. The minimum Gasteiger partial charge on any atom is -0.493 e. The predicted molar refractivity (Wildman–Crippen MR) is 118 cm³/mol. The largest absolute Gasteiger partial charge is 0.493 e. The zero-order valence-corrected chi connectivity index (χ0v) is 17.2. The topological polar surface area (TPSA) is 56.5 Å². The second kappa shape index (κ2) is 9.00. The average Bonchev–Trinajstić information content (AvgIpc) is 3.28. The van der Waals surface area contributed by atoms with E-state index < -0.39 is 0 Å². The Hall–Kier alpha value is -3.32. The number of unbranched alkanes of at least 4 members (excludes halogenated alkanes) is 1. The lowest BCUT2D eigenvalue weighted by atomic mass is 10.2. The molecule has 0 aliphatic heterocycles. The van der Waals surface area contributed by atoms with Gasteiger partial charge in [0, 0.05) is 5.56 Å². The molecule has 0 atom stereocenters. The molecule has 0 saturated heterocycles. The SMILES string of the molecule is CCCCOc1ccccc1/C=c1/sc2nc(/C=C/c3ccc(F)cc3)nn2c1=O. The van der Waals surface area contributed by atoms with Crippen molar-refractivity contribution < 1.29 is 9.13 Å². The molecule has 152 valence electrons. The number of fused-ring (bicyclic) bond motifs is 1. The van der Waals surface area contributed by atoms with Crippen LogP contribution in [-0.2, 0) is 0 Å². The van der Waals surface area contributed by atoms with E-state index in [1.165, 1.54) is 28.0 Å². The van der Waals surface area contributed by atoms with E-state index in [4.69, 9.17) is 4.74 Å². The van der Waals surface area contributed by atoms with Gasteiger partial charge in [-0.2, -0.15) is 9.50 Å². The molecule has 7 heteroatoms. The predicted octanol–water partition coefficient (Wildman–Crippen LogP) is 4.19. The third-order valence-corrected chi connectivity index (χ3v) is 5.41. The molecule has 0 fully saturated rings. The average molecular weight is 421 g/mol. The summed E-state index contributed by atoms with van der Waals surface area (Å²) in [4.78, 5) is 17.7. The lowest BCUT2D eigenvalue weighted by molar-refractivity contribution is 0.309. The first-order valence-electron chi connectivity index (χ1n) is 9.71. The first-order valence-corrected chi connectivity index (χ1v) is 10.5. The van der Waals surface area contributed by atoms with Gasteiger partial charge < -0.3 is 4.74 Å². The fraction of sp³-hybridized carbons (Fsp3) is 0.174. The van der Waals surface area contributed by atoms with Crippen molar-refractivity contribution >= 4 is 34.5 Å². The van der Waals surface area contributed by atoms with Gasteiger partial charge in [-0.1, -0.05) is 61.1 Å². The zero-order chi connectivity index (χ0) is 20.9. The summed E-state index contributed by atoms with van der Waals surface area (Å²) in [5.74, 6) is 0.898. The van der Waals surface area contributed by atoms with Gasteiger partial charge >= 0.3 is 0 Å². The Labute approximate surface area is 176 Å². The third kappa shape index (κ3) is 4.46. The van der Waals surface area contributed by atoms with Crippen LogP contribution in [0.3, 0.4) is 0 Å². The van der Waals surface area contributed by atoms with Crippen molar-refractivity contribution in [3.63, 3.8) is 0 Å². The monoisotopic (exact) mass is 421 g/mol. The van der Waals surface area contributed by atoms with Gasteiger partial charge in [0.25, 0.3) is 5.56 Å². The molecule has 0 aliphatic rings. The van der Waals surface area contributed by atoms with Crippen LogP contribution in [0, 0.1) is 5.82 Å². The summed E-state index contributed by atoms with van der Waals surface area (Å²) in [5, 5.41) is 4.28. The van der Waals surface area contributed by atoms with Crippen molar-refractivity contribution in [1.82, 2.24) is 14.6 Å². The summed E-state index contributed by atoms with van der Waals surface area (Å²) in [6.07, 6.45) is 7.33. The van der Waals surface area contributed by atoms with Gasteiger partial charge in [-0.15, -0.1) is 5.10 Å². The van der Waals surface area contributed by atoms with Crippen LogP contribution in [-0.4, -0.2) is 21.2 Å². The highest BCUT2D eigenvalue weighted by molar-refractivity contribution is 7.15. The number of benzene rings is 2. The summed E-state index contributed by atoms with van der Waals surface area (Å²) in [6.45, 7) is 2.76. The number of hydrogen-bond donors (Lipinski definition) is 0. The van der Waals surface area contributed by atoms with E-state index in [2.05, 4.69) is 17.0 Å². The maximum absolute atomic E-state index is 13.0. The zero-order valence-electron chi connectivity index (χ0n) is 16.4. The van der Waals surface area contributed by atoms with E-state index in [0.29, 0.717) is 21.9 Å². The highest BCUT2D eigenvalue weighted by atomic mass is 32.1. The second-order valence-electron chi connectivity index (χ2n) is 6.70. The smallest absolute Gasteiger partial charge is 0.291 e. The molecule has 30 heavy (non-hydrogen) atoms. The van der Waals surface area contributed by atoms with Gasteiger partial charge in [0.1, 0.15) is 11.6 Å². The molecular weight excluding hydrogens is 401 g/mol. The number of ether oxygens (including phenoxy) is 1. The Balaban J connectivity index is 1.62. The van der Waals surface area contributed by atoms with Crippen molar-refractivity contribution in [2.45, 2.75) is 19.8 Å². The van der Waals surface area contributed by atoms with Crippen LogP contribution in [0.25, 0.3) is 23.2 Å². The van der Waals surface area contributed by atoms with Gasteiger partial charge in [-0.05, 0) is 42.3 Å². The van der Waals surface area contributed by atoms with Gasteiger partial charge in [0.2, 0.25) is 4.96 Å². The lowest BCUT2D eigenvalue weighted by Crippen LogP contribution is -2.23. The molecular formula is C23H20FN3O2S. The molecule has 0 spiro atoms. The van der Waals surface area contributed by atoms with Crippen LogP contribution in [0.4, 0.5) is 4.39 Å². The van der Waals surface area contributed by atoms with Crippen LogP contribution in [0.1, 0.15) is 36.7 Å². The molecule has 0 radical (unpaired) electrons. The molecule has 0 bridgehead atoms. The molecule has 0 saturated carbocycles. The van der Waals surface area contributed by atoms with E-state index in [9.17, 15) is 9.18 Å². The lowest BCUT2D eigenvalue weighted by Gasteiger charge is -2.07. The van der Waals surface area contributed by atoms with Crippen LogP contribution < -0.4 is 14.8 Å². The van der Waals surface area contributed by atoms with Gasteiger partial charge in [-0.3, -0.25) is 4.79 Å². The van der Waals surface area contributed by atoms with Crippen LogP contribution >= 0.6 is 11.3 Å². The fourth-order valence-corrected chi connectivity index (χ4v) is 3.77. The van der Waals surface area contributed by atoms with Crippen molar-refractivity contribution in [2.75, 3.05) is 6.61 Å². The Bertz CT molecular complexity index is 1290. The molecule has 0 amide bonds. The Morgan fingerprint density at radius 2 is 1.93 bits per heavy atom. The van der Waals surface area contributed by atoms with Gasteiger partial charge in [-0.25, -0.2) is 4.39 Å². The standard InChI is InChI=1S/C23H20FN3O2S/c1-2-3-14-29-19-7-5-4-6-17(19)15-20-22(28)27-23(30-20)25-21(26-27)13-10-16-8-11-18(24)12-9-16/h4-13,15H,2-3,14H2,1H3/b13-10+,20-15+. The molecule has 4 rings (SSSR count). The minimum atomic E-state index is -0.287. The van der Waals surface area contributed by atoms with Crippen LogP contribution in [0.5, 0.6) is 5.75 Å². The number of para-hydroxylation sites is 1. The highest BCUT2D eigenvalue weighted by Crippen LogP contribution is 2.19. The molecule has 0 unspecified atom stereocenters. The maximum Gasteiger partial charge on any atom is 0.291 e. The first kappa shape index (κ1) is 20.0. The second-order valence-corrected chi connectivity index (χ2v) is 7.71. The molecule has 4 aromatic rings. The van der Waals surface area contributed by atoms with E-state index in [0.717, 1.165) is 29.7 Å². The summed E-state index contributed by atoms with van der Waals surface area (Å²) in [7, 11) is 0. The Morgan fingerprint density at radius 3 is 2.70 bits per heavy atom. The Morgan fingerprint density at radius 1 is 1.13 bits per heavy atom. The first-order chi connectivity index (χ1) is 14.6. The maximum atomic E-state index is 13.0. The van der Waals surface area contributed by atoms with Gasteiger partial charge in [0.15, 0.2) is 5.82 Å². The summed E-state index contributed by atoms with van der Waals surface area (Å²) < 4.78 is 20.7. The molecule has 2 aromatic heterocycles. The summed E-state index contributed by atoms with van der Waals surface area (Å²) >= 11 is 1.28. The molecule has 2 heterocycles. The van der Waals surface area contributed by atoms with Crippen LogP contribution in [0.2, 0.25) is 0 Å². The third-order valence-electron chi connectivity index (χ3n) is 4.45. The normalized spacial score (nSPS) is 12.3. The molecule has 0 aliphatic carbocycles. The summed E-state index contributed by atoms with van der Waals surface area (Å²) in [6, 6.07) is 13.8. The number of nitrogens with zero attached hydrogens (tertiary/aromatic N) is 3. The summed E-state index contributed by atoms with van der Waals surface area (Å²) in [5.41, 5.74) is 1.46. The van der Waals surface area contributed by atoms with E-state index in [1.54, 1.807) is 24.3 Å². The van der Waals surface area contributed by atoms with Crippen molar-refractivity contribution in [1.29, 1.82) is 0 Å². The highest BCUT2D eigenvalue weighted by Gasteiger charge is 2.10. The Kier molecular flexibility index (Phi) is 5.99. The van der Waals surface area contributed by atoms with Crippen LogP contribution in [0.15, 0.2) is 53.3 Å². The number of halogens is 1. The molecule has 0 N–H and O–H groups in total. The quantitative estimate of drug-likeness (QED) is 0.420. The van der Waals surface area contributed by atoms with Crippen molar-refractivity contribution in [3.05, 3.63) is 86.2 Å².